The van der Waals surface area contributed by atoms with Crippen LogP contribution in [0.3, 0.4) is 0 Å². The fourth-order valence-electron chi connectivity index (χ4n) is 2.11. The summed E-state index contributed by atoms with van der Waals surface area (Å²) in [5.41, 5.74) is 4.17. The molecule has 0 aliphatic heterocycles. The van der Waals surface area contributed by atoms with Crippen molar-refractivity contribution in [2.24, 2.45) is 0 Å². The van der Waals surface area contributed by atoms with Crippen LogP contribution in [0, 0.1) is 24.0 Å². The third kappa shape index (κ3) is 3.51. The molecule has 21 heavy (non-hydrogen) atoms. The molecule has 2 aromatic rings. The number of ether oxygens (including phenoxy) is 1. The normalized spacial score (nSPS) is 10.2. The number of aryl methyl sites for hydroxylation is 2. The first-order chi connectivity index (χ1) is 10.0. The Labute approximate surface area is 123 Å². The zero-order valence-corrected chi connectivity index (χ0v) is 12.3. The molecule has 0 radical (unpaired) electrons. The molecule has 110 valence electrons. The van der Waals surface area contributed by atoms with Crippen LogP contribution < -0.4 is 10.1 Å². The summed E-state index contributed by atoms with van der Waals surface area (Å²) in [6.07, 6.45) is 0. The van der Waals surface area contributed by atoms with E-state index in [-0.39, 0.29) is 11.4 Å². The van der Waals surface area contributed by atoms with Crippen molar-refractivity contribution >= 4 is 11.4 Å². The smallest absolute Gasteiger partial charge is 0.311 e. The Bertz CT molecular complexity index is 669. The van der Waals surface area contributed by atoms with Crippen molar-refractivity contribution in [3.05, 3.63) is 63.2 Å². The summed E-state index contributed by atoms with van der Waals surface area (Å²) in [6, 6.07) is 11.2. The second-order valence-corrected chi connectivity index (χ2v) is 4.94. The van der Waals surface area contributed by atoms with Gasteiger partial charge in [0.2, 0.25) is 0 Å². The van der Waals surface area contributed by atoms with Gasteiger partial charge in [0.25, 0.3) is 0 Å². The van der Waals surface area contributed by atoms with Gasteiger partial charge in [-0.1, -0.05) is 18.2 Å². The van der Waals surface area contributed by atoms with E-state index in [1.807, 2.05) is 26.0 Å². The average Bonchev–Trinajstić information content (AvgIpc) is 2.47. The molecule has 0 unspecified atom stereocenters. The highest BCUT2D eigenvalue weighted by molar-refractivity contribution is 5.54. The molecule has 0 atom stereocenters. The Morgan fingerprint density at radius 2 is 1.95 bits per heavy atom. The van der Waals surface area contributed by atoms with E-state index in [0.717, 1.165) is 16.8 Å². The molecule has 0 aliphatic rings. The predicted molar refractivity (Wildman–Crippen MR) is 82.9 cm³/mol. The van der Waals surface area contributed by atoms with E-state index in [0.29, 0.717) is 6.54 Å². The summed E-state index contributed by atoms with van der Waals surface area (Å²) in [6.45, 7) is 4.58. The number of rotatable bonds is 5. The lowest BCUT2D eigenvalue weighted by molar-refractivity contribution is -0.385. The molecule has 0 amide bonds. The molecular weight excluding hydrogens is 268 g/mol. The van der Waals surface area contributed by atoms with Crippen LogP contribution in [0.1, 0.15) is 16.7 Å². The van der Waals surface area contributed by atoms with Gasteiger partial charge in [0.15, 0.2) is 5.75 Å². The third-order valence-corrected chi connectivity index (χ3v) is 3.32. The van der Waals surface area contributed by atoms with Crippen LogP contribution in [0.5, 0.6) is 5.75 Å². The fourth-order valence-corrected chi connectivity index (χ4v) is 2.11. The lowest BCUT2D eigenvalue weighted by atomic mass is 10.1. The summed E-state index contributed by atoms with van der Waals surface area (Å²) >= 11 is 0. The maximum Gasteiger partial charge on any atom is 0.311 e. The highest BCUT2D eigenvalue weighted by atomic mass is 16.6. The van der Waals surface area contributed by atoms with Crippen LogP contribution >= 0.6 is 0 Å². The highest BCUT2D eigenvalue weighted by Gasteiger charge is 2.15. The van der Waals surface area contributed by atoms with E-state index in [1.165, 1.54) is 18.7 Å². The van der Waals surface area contributed by atoms with Crippen molar-refractivity contribution < 1.29 is 9.66 Å². The molecular formula is C16H18N2O3. The Morgan fingerprint density at radius 3 is 2.62 bits per heavy atom. The molecule has 0 aromatic heterocycles. The molecule has 0 heterocycles. The van der Waals surface area contributed by atoms with Crippen LogP contribution in [-0.2, 0) is 6.54 Å². The molecule has 0 bridgehead atoms. The molecule has 0 spiro atoms. The maximum absolute atomic E-state index is 11.0. The van der Waals surface area contributed by atoms with Gasteiger partial charge in [0.1, 0.15) is 0 Å². The summed E-state index contributed by atoms with van der Waals surface area (Å²) in [5, 5.41) is 14.3. The van der Waals surface area contributed by atoms with E-state index in [9.17, 15) is 10.1 Å². The molecule has 1 N–H and O–H groups in total. The molecule has 2 rings (SSSR count). The Balaban J connectivity index is 2.18. The van der Waals surface area contributed by atoms with Crippen molar-refractivity contribution in [3.8, 4) is 5.75 Å². The first kappa shape index (κ1) is 14.8. The van der Waals surface area contributed by atoms with Crippen molar-refractivity contribution in [2.75, 3.05) is 12.4 Å². The van der Waals surface area contributed by atoms with Gasteiger partial charge in [-0.15, -0.1) is 0 Å². The SMILES string of the molecule is COc1ccc(CNc2cc(C)ccc2C)cc1[N+](=O)[O-]. The van der Waals surface area contributed by atoms with Crippen LogP contribution in [0.25, 0.3) is 0 Å². The number of methoxy groups -OCH3 is 1. The third-order valence-electron chi connectivity index (χ3n) is 3.32. The molecule has 2 aromatic carbocycles. The summed E-state index contributed by atoms with van der Waals surface area (Å²) in [4.78, 5) is 10.6. The van der Waals surface area contributed by atoms with Gasteiger partial charge in [-0.2, -0.15) is 0 Å². The van der Waals surface area contributed by atoms with E-state index in [2.05, 4.69) is 17.4 Å². The fraction of sp³-hybridized carbons (Fsp3) is 0.250. The number of nitrogens with zero attached hydrogens (tertiary/aromatic N) is 1. The number of anilines is 1. The van der Waals surface area contributed by atoms with Crippen molar-refractivity contribution in [2.45, 2.75) is 20.4 Å². The van der Waals surface area contributed by atoms with Crippen LogP contribution in [0.2, 0.25) is 0 Å². The number of nitro benzene ring substituents is 1. The monoisotopic (exact) mass is 286 g/mol. The van der Waals surface area contributed by atoms with Crippen LogP contribution in [0.4, 0.5) is 11.4 Å². The molecule has 5 heteroatoms. The summed E-state index contributed by atoms with van der Waals surface area (Å²) in [5.74, 6) is 0.274. The van der Waals surface area contributed by atoms with E-state index in [1.54, 1.807) is 6.07 Å². The van der Waals surface area contributed by atoms with Crippen molar-refractivity contribution in [1.29, 1.82) is 0 Å². The average molecular weight is 286 g/mol. The van der Waals surface area contributed by atoms with Gasteiger partial charge in [-0.05, 0) is 42.7 Å². The zero-order chi connectivity index (χ0) is 15.4. The quantitative estimate of drug-likeness (QED) is 0.670. The van der Waals surface area contributed by atoms with E-state index in [4.69, 9.17) is 4.74 Å². The molecule has 0 saturated carbocycles. The van der Waals surface area contributed by atoms with Gasteiger partial charge < -0.3 is 10.1 Å². The molecule has 0 fully saturated rings. The summed E-state index contributed by atoms with van der Waals surface area (Å²) in [7, 11) is 1.43. The number of hydrogen-bond donors (Lipinski definition) is 1. The maximum atomic E-state index is 11.0. The second-order valence-electron chi connectivity index (χ2n) is 4.94. The van der Waals surface area contributed by atoms with Gasteiger partial charge in [0.05, 0.1) is 12.0 Å². The minimum Gasteiger partial charge on any atom is -0.490 e. The largest absolute Gasteiger partial charge is 0.490 e. The highest BCUT2D eigenvalue weighted by Crippen LogP contribution is 2.28. The first-order valence-electron chi connectivity index (χ1n) is 6.63. The summed E-state index contributed by atoms with van der Waals surface area (Å²) < 4.78 is 5.00. The van der Waals surface area contributed by atoms with Gasteiger partial charge in [-0.25, -0.2) is 0 Å². The van der Waals surface area contributed by atoms with Crippen molar-refractivity contribution in [3.63, 3.8) is 0 Å². The molecule has 5 nitrogen and oxygen atoms in total. The van der Waals surface area contributed by atoms with Gasteiger partial charge in [-0.3, -0.25) is 10.1 Å². The van der Waals surface area contributed by atoms with Gasteiger partial charge >= 0.3 is 5.69 Å². The Hall–Kier alpha value is -2.56. The van der Waals surface area contributed by atoms with Gasteiger partial charge in [0, 0.05) is 18.3 Å². The Morgan fingerprint density at radius 1 is 1.19 bits per heavy atom. The van der Waals surface area contributed by atoms with E-state index >= 15 is 0 Å². The molecule has 0 saturated heterocycles. The lowest BCUT2D eigenvalue weighted by Gasteiger charge is -2.11. The number of nitrogens with one attached hydrogen (secondary N) is 1. The standard InChI is InChI=1S/C16H18N2O3/c1-11-4-5-12(2)14(8-11)17-10-13-6-7-16(21-3)15(9-13)18(19)20/h4-9,17H,10H2,1-3H3. The minimum atomic E-state index is -0.430. The predicted octanol–water partition coefficient (Wildman–Crippen LogP) is 3.83. The van der Waals surface area contributed by atoms with Crippen LogP contribution in [0.15, 0.2) is 36.4 Å². The Kier molecular flexibility index (Phi) is 4.42. The zero-order valence-electron chi connectivity index (χ0n) is 12.3. The molecule has 0 aliphatic carbocycles. The number of hydrogen-bond acceptors (Lipinski definition) is 4. The lowest BCUT2D eigenvalue weighted by Crippen LogP contribution is -2.02. The van der Waals surface area contributed by atoms with E-state index < -0.39 is 4.92 Å². The number of benzene rings is 2. The van der Waals surface area contributed by atoms with Crippen LogP contribution in [-0.4, -0.2) is 12.0 Å². The first-order valence-corrected chi connectivity index (χ1v) is 6.63. The second kappa shape index (κ2) is 6.26. The topological polar surface area (TPSA) is 64.4 Å². The minimum absolute atomic E-state index is 0.0160. The van der Waals surface area contributed by atoms with Crippen molar-refractivity contribution in [1.82, 2.24) is 0 Å². The number of nitro groups is 1.